The van der Waals surface area contributed by atoms with Crippen molar-refractivity contribution >= 4 is 40.6 Å². The summed E-state index contributed by atoms with van der Waals surface area (Å²) in [6.07, 6.45) is 3.42. The second kappa shape index (κ2) is 9.46. The molecule has 11 nitrogen and oxygen atoms in total. The van der Waals surface area contributed by atoms with Gasteiger partial charge in [-0.25, -0.2) is 9.59 Å². The van der Waals surface area contributed by atoms with E-state index in [9.17, 15) is 24.5 Å². The number of ether oxygens (including phenoxy) is 1. The number of nitrogens with zero attached hydrogens (tertiary/aromatic N) is 3. The molecule has 0 aliphatic carbocycles. The molecule has 1 aliphatic heterocycles. The third-order valence-corrected chi connectivity index (χ3v) is 5.92. The van der Waals surface area contributed by atoms with Gasteiger partial charge in [-0.3, -0.25) is 19.8 Å². The van der Waals surface area contributed by atoms with Gasteiger partial charge < -0.3 is 19.0 Å². The topological polar surface area (TPSA) is 137 Å². The molecule has 5 rings (SSSR count). The van der Waals surface area contributed by atoms with E-state index in [1.807, 2.05) is 35.0 Å². The lowest BCUT2D eigenvalue weighted by Crippen LogP contribution is -2.30. The van der Waals surface area contributed by atoms with E-state index in [2.05, 4.69) is 10.1 Å². The molecule has 0 atom stereocenters. The van der Waals surface area contributed by atoms with Gasteiger partial charge in [0.1, 0.15) is 11.5 Å². The van der Waals surface area contributed by atoms with Gasteiger partial charge in [0.15, 0.2) is 0 Å². The first-order valence-electron chi connectivity index (χ1n) is 11.2. The molecule has 0 unspecified atom stereocenters. The average molecular weight is 500 g/mol. The van der Waals surface area contributed by atoms with Crippen molar-refractivity contribution in [3.63, 3.8) is 0 Å². The Bertz CT molecular complexity index is 1600. The molecule has 3 heterocycles. The lowest BCUT2D eigenvalue weighted by molar-refractivity contribution is -0.384. The number of imide groups is 1. The van der Waals surface area contributed by atoms with Gasteiger partial charge in [-0.2, -0.15) is 0 Å². The van der Waals surface area contributed by atoms with E-state index in [4.69, 9.17) is 4.42 Å². The van der Waals surface area contributed by atoms with Crippen molar-refractivity contribution in [2.45, 2.75) is 13.1 Å². The largest absolute Gasteiger partial charge is 0.463 e. The molecule has 1 N–H and O–H groups in total. The van der Waals surface area contributed by atoms with Gasteiger partial charge in [-0.05, 0) is 29.8 Å². The number of benzene rings is 2. The quantitative estimate of drug-likeness (QED) is 0.133. The molecule has 4 aromatic rings. The first-order chi connectivity index (χ1) is 17.8. The van der Waals surface area contributed by atoms with Crippen molar-refractivity contribution in [1.29, 1.82) is 0 Å². The highest BCUT2D eigenvalue weighted by atomic mass is 16.6. The van der Waals surface area contributed by atoms with Crippen LogP contribution in [0.2, 0.25) is 0 Å². The van der Waals surface area contributed by atoms with E-state index in [-0.39, 0.29) is 29.4 Å². The van der Waals surface area contributed by atoms with Crippen LogP contribution in [0.15, 0.2) is 77.0 Å². The molecule has 3 amide bonds. The molecule has 0 radical (unpaired) electrons. The van der Waals surface area contributed by atoms with Crippen molar-refractivity contribution < 1.29 is 28.5 Å². The SMILES string of the molecule is COC(=O)c1ccc(CN2C(=O)N/C(=C\c3cn(Cc4cccc([N+](=O)[O-])c4)c4ccccc34)C2=O)o1. The summed E-state index contributed by atoms with van der Waals surface area (Å²) in [6.45, 7) is 0.215. The van der Waals surface area contributed by atoms with Crippen molar-refractivity contribution in [3.8, 4) is 0 Å². The Morgan fingerprint density at radius 2 is 1.92 bits per heavy atom. The number of furan rings is 1. The molecule has 186 valence electrons. The van der Waals surface area contributed by atoms with Gasteiger partial charge in [-0.15, -0.1) is 0 Å². The Kier molecular flexibility index (Phi) is 6.02. The van der Waals surface area contributed by atoms with Crippen molar-refractivity contribution in [2.75, 3.05) is 7.11 Å². The van der Waals surface area contributed by atoms with Gasteiger partial charge in [-0.1, -0.05) is 30.3 Å². The highest BCUT2D eigenvalue weighted by Gasteiger charge is 2.34. The van der Waals surface area contributed by atoms with Crippen molar-refractivity contribution in [2.24, 2.45) is 0 Å². The van der Waals surface area contributed by atoms with Crippen molar-refractivity contribution in [1.82, 2.24) is 14.8 Å². The summed E-state index contributed by atoms with van der Waals surface area (Å²) in [5.41, 5.74) is 2.39. The number of non-ortho nitro benzene ring substituents is 1. The van der Waals surface area contributed by atoms with Crippen molar-refractivity contribution in [3.05, 3.63) is 105 Å². The third kappa shape index (κ3) is 4.57. The number of methoxy groups -OCH3 is 1. The number of nitro groups is 1. The lowest BCUT2D eigenvalue weighted by atomic mass is 10.1. The maximum Gasteiger partial charge on any atom is 0.373 e. The Hall–Kier alpha value is -5.19. The molecular formula is C26H20N4O7. The van der Waals surface area contributed by atoms with Crippen LogP contribution in [0.3, 0.4) is 0 Å². The number of rotatable bonds is 7. The maximum absolute atomic E-state index is 13.0. The highest BCUT2D eigenvalue weighted by molar-refractivity contribution is 6.14. The van der Waals surface area contributed by atoms with Crippen LogP contribution in [0.1, 0.15) is 27.4 Å². The molecule has 37 heavy (non-hydrogen) atoms. The van der Waals surface area contributed by atoms with E-state index in [1.54, 1.807) is 18.2 Å². The number of amides is 3. The monoisotopic (exact) mass is 500 g/mol. The standard InChI is InChI=1S/C26H20N4O7/c1-36-25(32)23-10-9-19(37-23)15-29-24(31)21(27-26(29)33)12-17-14-28(22-8-3-2-7-20(17)22)13-16-5-4-6-18(11-16)30(34)35/h2-12,14H,13,15H2,1H3,(H,27,33)/b21-12-. The van der Waals surface area contributed by atoms with Crippen LogP contribution in [0, 0.1) is 10.1 Å². The molecule has 1 aliphatic rings. The fraction of sp³-hybridized carbons (Fsp3) is 0.115. The van der Waals surface area contributed by atoms with Crippen LogP contribution in [0.4, 0.5) is 10.5 Å². The van der Waals surface area contributed by atoms with Crippen LogP contribution in [-0.2, 0) is 22.6 Å². The molecule has 2 aromatic heterocycles. The van der Waals surface area contributed by atoms with Gasteiger partial charge >= 0.3 is 12.0 Å². The van der Waals surface area contributed by atoms with Crippen LogP contribution in [-0.4, -0.2) is 39.4 Å². The molecule has 0 saturated carbocycles. The Balaban J connectivity index is 1.42. The fourth-order valence-electron chi connectivity index (χ4n) is 4.19. The zero-order chi connectivity index (χ0) is 26.1. The molecule has 11 heteroatoms. The predicted molar refractivity (Wildman–Crippen MR) is 131 cm³/mol. The van der Waals surface area contributed by atoms with E-state index in [1.165, 1.54) is 31.4 Å². The number of aromatic nitrogens is 1. The number of esters is 1. The predicted octanol–water partition coefficient (Wildman–Crippen LogP) is 4.07. The van der Waals surface area contributed by atoms with Gasteiger partial charge in [0.25, 0.3) is 11.6 Å². The third-order valence-electron chi connectivity index (χ3n) is 5.92. The number of urea groups is 1. The van der Waals surface area contributed by atoms with Gasteiger partial charge in [0.05, 0.1) is 18.6 Å². The summed E-state index contributed by atoms with van der Waals surface area (Å²) in [5.74, 6) is -0.988. The molecular weight excluding hydrogens is 480 g/mol. The first-order valence-corrected chi connectivity index (χ1v) is 11.2. The number of nitro benzene ring substituents is 1. The van der Waals surface area contributed by atoms with Gasteiger partial charge in [0, 0.05) is 41.3 Å². The van der Waals surface area contributed by atoms with Crippen LogP contribution in [0.5, 0.6) is 0 Å². The first kappa shape index (κ1) is 23.5. The Labute approximate surface area is 209 Å². The minimum absolute atomic E-state index is 0.00548. The van der Waals surface area contributed by atoms with E-state index < -0.39 is 22.8 Å². The zero-order valence-electron chi connectivity index (χ0n) is 19.5. The fourth-order valence-corrected chi connectivity index (χ4v) is 4.19. The minimum atomic E-state index is -0.662. The number of nitrogens with one attached hydrogen (secondary N) is 1. The number of hydrogen-bond donors (Lipinski definition) is 1. The summed E-state index contributed by atoms with van der Waals surface area (Å²) >= 11 is 0. The number of fused-ring (bicyclic) bond motifs is 1. The Morgan fingerprint density at radius 3 is 2.70 bits per heavy atom. The maximum atomic E-state index is 13.0. The summed E-state index contributed by atoms with van der Waals surface area (Å²) in [4.78, 5) is 48.9. The van der Waals surface area contributed by atoms with Crippen LogP contribution in [0.25, 0.3) is 17.0 Å². The minimum Gasteiger partial charge on any atom is -0.463 e. The molecule has 0 spiro atoms. The van der Waals surface area contributed by atoms with Gasteiger partial charge in [0.2, 0.25) is 5.76 Å². The molecule has 0 bridgehead atoms. The normalized spacial score (nSPS) is 14.4. The molecule has 1 saturated heterocycles. The van der Waals surface area contributed by atoms with Crippen LogP contribution < -0.4 is 5.32 Å². The average Bonchev–Trinajstić information content (AvgIpc) is 3.58. The summed E-state index contributed by atoms with van der Waals surface area (Å²) in [7, 11) is 1.22. The smallest absolute Gasteiger partial charge is 0.373 e. The number of carbonyl (C=O) groups excluding carboxylic acids is 3. The molecule has 2 aromatic carbocycles. The van der Waals surface area contributed by atoms with Crippen LogP contribution >= 0.6 is 0 Å². The van der Waals surface area contributed by atoms with E-state index in [0.717, 1.165) is 21.4 Å². The van der Waals surface area contributed by atoms with E-state index in [0.29, 0.717) is 12.1 Å². The summed E-state index contributed by atoms with van der Waals surface area (Å²) in [5, 5.41) is 14.6. The lowest BCUT2D eigenvalue weighted by Gasteiger charge is -2.09. The number of carbonyl (C=O) groups is 3. The zero-order valence-corrected chi connectivity index (χ0v) is 19.5. The number of para-hydroxylation sites is 1. The Morgan fingerprint density at radius 1 is 1.11 bits per heavy atom. The summed E-state index contributed by atoms with van der Waals surface area (Å²) < 4.78 is 11.9. The van der Waals surface area contributed by atoms with E-state index >= 15 is 0 Å². The second-order valence-corrected chi connectivity index (χ2v) is 8.29. The molecule has 1 fully saturated rings. The number of hydrogen-bond acceptors (Lipinski definition) is 7. The summed E-state index contributed by atoms with van der Waals surface area (Å²) in [6, 6.07) is 16.2. The highest BCUT2D eigenvalue weighted by Crippen LogP contribution is 2.27. The second-order valence-electron chi connectivity index (χ2n) is 8.29.